The van der Waals surface area contributed by atoms with Gasteiger partial charge in [0.25, 0.3) is 5.91 Å². The molecule has 144 valence electrons. The van der Waals surface area contributed by atoms with Crippen LogP contribution in [0, 0.1) is 0 Å². The van der Waals surface area contributed by atoms with Crippen LogP contribution in [0.25, 0.3) is 0 Å². The number of phenols is 1. The van der Waals surface area contributed by atoms with Crippen molar-refractivity contribution < 1.29 is 19.5 Å². The molecule has 0 unspecified atom stereocenters. The smallest absolute Gasteiger partial charge is 0.275 e. The summed E-state index contributed by atoms with van der Waals surface area (Å²) < 4.78 is 5.34. The number of hydrogen-bond acceptors (Lipinski definition) is 4. The zero-order valence-corrected chi connectivity index (χ0v) is 15.8. The summed E-state index contributed by atoms with van der Waals surface area (Å²) in [6, 6.07) is 15.2. The van der Waals surface area contributed by atoms with E-state index in [-0.39, 0.29) is 11.7 Å². The first kappa shape index (κ1) is 19.0. The lowest BCUT2D eigenvalue weighted by Crippen LogP contribution is -3.16. The number of hydrogen-bond donors (Lipinski definition) is 3. The van der Waals surface area contributed by atoms with Gasteiger partial charge in [0.05, 0.1) is 33.3 Å². The fraction of sp³-hybridized carbons (Fsp3) is 0.381. The maximum atomic E-state index is 12.2. The van der Waals surface area contributed by atoms with Crippen molar-refractivity contribution in [2.45, 2.75) is 6.42 Å². The van der Waals surface area contributed by atoms with Crippen molar-refractivity contribution in [1.29, 1.82) is 0 Å². The second-order valence-electron chi connectivity index (χ2n) is 6.84. The fourth-order valence-electron chi connectivity index (χ4n) is 3.46. The van der Waals surface area contributed by atoms with Gasteiger partial charge in [-0.2, -0.15) is 0 Å². The Bertz CT molecular complexity index is 741. The number of anilines is 1. The van der Waals surface area contributed by atoms with Crippen LogP contribution in [0.3, 0.4) is 0 Å². The van der Waals surface area contributed by atoms with Crippen LogP contribution >= 0.6 is 0 Å². The first-order valence-corrected chi connectivity index (χ1v) is 9.42. The number of para-hydroxylation sites is 1. The molecule has 0 spiro atoms. The number of carbonyl (C=O) groups excluding carboxylic acids is 1. The van der Waals surface area contributed by atoms with E-state index < -0.39 is 0 Å². The minimum atomic E-state index is 0.0954. The standard InChI is InChI=1S/C21H27N3O3/c1-27-20-5-3-2-4-17(20)10-11-22-21(26)16-23-12-14-24(15-13-23)18-6-8-19(25)9-7-18/h2-9,25H,10-16H2,1H3,(H,22,26)/p+1. The number of piperazine rings is 1. The topological polar surface area (TPSA) is 66.2 Å². The van der Waals surface area contributed by atoms with Crippen molar-refractivity contribution in [2.75, 3.05) is 51.3 Å². The van der Waals surface area contributed by atoms with Crippen molar-refractivity contribution in [1.82, 2.24) is 5.32 Å². The van der Waals surface area contributed by atoms with E-state index in [2.05, 4.69) is 10.2 Å². The molecule has 0 aliphatic carbocycles. The minimum absolute atomic E-state index is 0.0954. The zero-order valence-electron chi connectivity index (χ0n) is 15.8. The highest BCUT2D eigenvalue weighted by Crippen LogP contribution is 2.18. The second-order valence-corrected chi connectivity index (χ2v) is 6.84. The van der Waals surface area contributed by atoms with Gasteiger partial charge in [0, 0.05) is 12.2 Å². The number of amides is 1. The summed E-state index contributed by atoms with van der Waals surface area (Å²) in [7, 11) is 1.67. The molecule has 0 aromatic heterocycles. The molecule has 0 saturated carbocycles. The monoisotopic (exact) mass is 370 g/mol. The van der Waals surface area contributed by atoms with Gasteiger partial charge in [-0.25, -0.2) is 0 Å². The normalized spacial score (nSPS) is 14.8. The van der Waals surface area contributed by atoms with Crippen LogP contribution in [0.2, 0.25) is 0 Å². The highest BCUT2D eigenvalue weighted by molar-refractivity contribution is 5.76. The van der Waals surface area contributed by atoms with Crippen LogP contribution in [-0.2, 0) is 11.2 Å². The van der Waals surface area contributed by atoms with Gasteiger partial charge in [0.2, 0.25) is 0 Å². The summed E-state index contributed by atoms with van der Waals surface area (Å²) in [6.45, 7) is 4.81. The molecule has 1 heterocycles. The van der Waals surface area contributed by atoms with Gasteiger partial charge < -0.3 is 25.0 Å². The molecule has 1 saturated heterocycles. The van der Waals surface area contributed by atoms with Gasteiger partial charge in [-0.3, -0.25) is 4.79 Å². The number of carbonyl (C=O) groups is 1. The van der Waals surface area contributed by atoms with Crippen molar-refractivity contribution in [2.24, 2.45) is 0 Å². The molecule has 2 aromatic carbocycles. The number of nitrogens with zero attached hydrogens (tertiary/aromatic N) is 1. The van der Waals surface area contributed by atoms with Gasteiger partial charge in [0.15, 0.2) is 6.54 Å². The SMILES string of the molecule is COc1ccccc1CCNC(=O)C[NH+]1CCN(c2ccc(O)cc2)CC1. The highest BCUT2D eigenvalue weighted by Gasteiger charge is 2.22. The molecule has 3 rings (SSSR count). The summed E-state index contributed by atoms with van der Waals surface area (Å²) >= 11 is 0. The van der Waals surface area contributed by atoms with E-state index in [0.29, 0.717) is 13.1 Å². The van der Waals surface area contributed by atoms with E-state index in [1.165, 1.54) is 4.90 Å². The number of aromatic hydroxyl groups is 1. The molecule has 0 radical (unpaired) electrons. The summed E-state index contributed by atoms with van der Waals surface area (Å²) in [4.78, 5) is 15.8. The van der Waals surface area contributed by atoms with E-state index in [1.807, 2.05) is 36.4 Å². The Morgan fingerprint density at radius 1 is 1.15 bits per heavy atom. The van der Waals surface area contributed by atoms with Crippen LogP contribution in [-0.4, -0.2) is 57.4 Å². The predicted octanol–water partition coefficient (Wildman–Crippen LogP) is 0.465. The molecular weight excluding hydrogens is 342 g/mol. The van der Waals surface area contributed by atoms with E-state index in [0.717, 1.165) is 49.6 Å². The van der Waals surface area contributed by atoms with Crippen molar-refractivity contribution in [3.8, 4) is 11.5 Å². The largest absolute Gasteiger partial charge is 0.508 e. The zero-order chi connectivity index (χ0) is 19.1. The van der Waals surface area contributed by atoms with E-state index in [1.54, 1.807) is 19.2 Å². The first-order valence-electron chi connectivity index (χ1n) is 9.42. The Morgan fingerprint density at radius 3 is 2.56 bits per heavy atom. The van der Waals surface area contributed by atoms with E-state index in [4.69, 9.17) is 4.74 Å². The number of rotatable bonds is 7. The van der Waals surface area contributed by atoms with Crippen LogP contribution < -0.4 is 19.9 Å². The number of methoxy groups -OCH3 is 1. The maximum absolute atomic E-state index is 12.2. The number of ether oxygens (including phenoxy) is 1. The van der Waals surface area contributed by atoms with Crippen LogP contribution in [0.1, 0.15) is 5.56 Å². The van der Waals surface area contributed by atoms with Crippen LogP contribution in [0.15, 0.2) is 48.5 Å². The first-order chi connectivity index (χ1) is 13.2. The van der Waals surface area contributed by atoms with Crippen molar-refractivity contribution in [3.63, 3.8) is 0 Å². The molecule has 0 atom stereocenters. The Hall–Kier alpha value is -2.73. The van der Waals surface area contributed by atoms with E-state index >= 15 is 0 Å². The highest BCUT2D eigenvalue weighted by atomic mass is 16.5. The summed E-state index contributed by atoms with van der Waals surface area (Å²) in [5.74, 6) is 1.24. The Labute approximate surface area is 160 Å². The van der Waals surface area contributed by atoms with Gasteiger partial charge in [0.1, 0.15) is 11.5 Å². The third-order valence-corrected chi connectivity index (χ3v) is 5.00. The molecule has 2 aromatic rings. The molecule has 1 fully saturated rings. The molecule has 27 heavy (non-hydrogen) atoms. The Balaban J connectivity index is 1.38. The lowest BCUT2D eigenvalue weighted by Gasteiger charge is -2.33. The van der Waals surface area contributed by atoms with Crippen molar-refractivity contribution >= 4 is 11.6 Å². The molecule has 6 heteroatoms. The summed E-state index contributed by atoms with van der Waals surface area (Å²) in [5.41, 5.74) is 2.23. The summed E-state index contributed by atoms with van der Waals surface area (Å²) in [6.07, 6.45) is 0.764. The average molecular weight is 370 g/mol. The van der Waals surface area contributed by atoms with Gasteiger partial charge in [-0.15, -0.1) is 0 Å². The van der Waals surface area contributed by atoms with E-state index in [9.17, 15) is 9.90 Å². The average Bonchev–Trinajstić information content (AvgIpc) is 2.69. The quantitative estimate of drug-likeness (QED) is 0.663. The lowest BCUT2D eigenvalue weighted by atomic mass is 10.1. The Kier molecular flexibility index (Phi) is 6.54. The summed E-state index contributed by atoms with van der Waals surface area (Å²) in [5, 5.41) is 12.4. The molecule has 0 bridgehead atoms. The fourth-order valence-corrected chi connectivity index (χ4v) is 3.46. The number of quaternary nitrogens is 1. The number of benzene rings is 2. The van der Waals surface area contributed by atoms with Crippen LogP contribution in [0.4, 0.5) is 5.69 Å². The second kappa shape index (κ2) is 9.28. The predicted molar refractivity (Wildman–Crippen MR) is 106 cm³/mol. The van der Waals surface area contributed by atoms with Crippen LogP contribution in [0.5, 0.6) is 11.5 Å². The maximum Gasteiger partial charge on any atom is 0.275 e. The Morgan fingerprint density at radius 2 is 1.85 bits per heavy atom. The number of phenolic OH excluding ortho intramolecular Hbond substituents is 1. The molecule has 1 aliphatic rings. The molecular formula is C21H28N3O3+. The van der Waals surface area contributed by atoms with Crippen molar-refractivity contribution in [3.05, 3.63) is 54.1 Å². The third-order valence-electron chi connectivity index (χ3n) is 5.00. The van der Waals surface area contributed by atoms with Gasteiger partial charge in [-0.1, -0.05) is 18.2 Å². The molecule has 1 aliphatic heterocycles. The molecule has 6 nitrogen and oxygen atoms in total. The molecule has 3 N–H and O–H groups in total. The van der Waals surface area contributed by atoms with Gasteiger partial charge >= 0.3 is 0 Å². The minimum Gasteiger partial charge on any atom is -0.508 e. The molecule has 1 amide bonds. The lowest BCUT2D eigenvalue weighted by molar-refractivity contribution is -0.892. The number of nitrogens with one attached hydrogen (secondary N) is 2. The van der Waals surface area contributed by atoms with Gasteiger partial charge in [-0.05, 0) is 42.3 Å². The third kappa shape index (κ3) is 5.37.